The van der Waals surface area contributed by atoms with E-state index in [1.54, 1.807) is 53.4 Å². The van der Waals surface area contributed by atoms with E-state index in [2.05, 4.69) is 63.2 Å². The molecule has 5 aromatic carbocycles. The average Bonchev–Trinajstić information content (AvgIpc) is 4.11. The number of ether oxygens (including phenoxy) is 2. The third-order valence-electron chi connectivity index (χ3n) is 16.4. The number of nitrogens with zero attached hydrogens (tertiary/aromatic N) is 9. The molecule has 3 saturated heterocycles. The van der Waals surface area contributed by atoms with Gasteiger partial charge in [0.15, 0.2) is 0 Å². The second kappa shape index (κ2) is 24.1. The molecule has 11 rings (SSSR count). The Morgan fingerprint density at radius 3 is 2.43 bits per heavy atom. The molecule has 0 spiro atoms. The lowest BCUT2D eigenvalue weighted by Crippen LogP contribution is -2.56. The van der Waals surface area contributed by atoms with Gasteiger partial charge in [-0.25, -0.2) is 4.79 Å². The summed E-state index contributed by atoms with van der Waals surface area (Å²) < 4.78 is 12.5. The summed E-state index contributed by atoms with van der Waals surface area (Å²) in [6, 6.07) is 30.8. The van der Waals surface area contributed by atoms with Gasteiger partial charge in [0.25, 0.3) is 17.7 Å². The predicted octanol–water partition coefficient (Wildman–Crippen LogP) is 8.84. The molecule has 6 aromatic rings. The molecule has 3 fully saturated rings. The SMILES string of the molecule is C=C(COc1ccc(CN2C(=O)CCC(N3Cc4cc(CNC(=O)Nc5ccc(C)c(Cl)c5)ccc4C3=O)C2=O)cc1)C(=O)N1CCN(c2nc(OC[C@H]3CCCN3C)nc3c2CCN(c2cccc4cccc(Cl)c24)C3)C[C@@H]1CC#N. The second-order valence-electron chi connectivity index (χ2n) is 21.7. The van der Waals surface area contributed by atoms with Crippen LogP contribution in [0.15, 0.2) is 109 Å². The molecule has 0 saturated carbocycles. The van der Waals surface area contributed by atoms with E-state index in [1.165, 1.54) is 9.80 Å². The molecule has 6 heterocycles. The number of amides is 6. The highest BCUT2D eigenvalue weighted by Gasteiger charge is 2.43. The highest BCUT2D eigenvalue weighted by atomic mass is 35.5. The number of carbonyl (C=O) groups excluding carboxylic acids is 5. The molecule has 1 unspecified atom stereocenters. The highest BCUT2D eigenvalue weighted by Crippen LogP contribution is 2.38. The van der Waals surface area contributed by atoms with Crippen molar-refractivity contribution in [2.24, 2.45) is 0 Å². The maximum absolute atomic E-state index is 14.2. The van der Waals surface area contributed by atoms with E-state index in [-0.39, 0.29) is 74.8 Å². The van der Waals surface area contributed by atoms with Gasteiger partial charge in [0.05, 0.1) is 42.3 Å². The van der Waals surface area contributed by atoms with E-state index in [4.69, 9.17) is 42.6 Å². The van der Waals surface area contributed by atoms with Gasteiger partial charge in [-0.3, -0.25) is 24.1 Å². The minimum absolute atomic E-state index is 0.00332. The molecule has 3 atom stereocenters. The zero-order valence-corrected chi connectivity index (χ0v) is 47.3. The third kappa shape index (κ3) is 11.8. The number of likely N-dealkylation sites (tertiary alicyclic amines) is 2. The van der Waals surface area contributed by atoms with E-state index < -0.39 is 24.0 Å². The van der Waals surface area contributed by atoms with E-state index in [0.29, 0.717) is 84.4 Å². The Bertz CT molecular complexity index is 3550. The molecule has 5 aliphatic rings. The first-order valence-electron chi connectivity index (χ1n) is 27.7. The number of hydrogen-bond donors (Lipinski definition) is 2. The minimum atomic E-state index is -0.832. The van der Waals surface area contributed by atoms with Crippen molar-refractivity contribution >= 4 is 80.8 Å². The summed E-state index contributed by atoms with van der Waals surface area (Å²) in [5.41, 5.74) is 7.24. The molecule has 422 valence electrons. The van der Waals surface area contributed by atoms with Crippen LogP contribution < -0.4 is 29.9 Å². The van der Waals surface area contributed by atoms with Crippen molar-refractivity contribution in [3.05, 3.63) is 158 Å². The van der Waals surface area contributed by atoms with Gasteiger partial charge in [-0.05, 0) is 116 Å². The van der Waals surface area contributed by atoms with Crippen LogP contribution in [0.5, 0.6) is 11.8 Å². The number of piperazine rings is 1. The first kappa shape index (κ1) is 55.7. The number of rotatable bonds is 16. The predicted molar refractivity (Wildman–Crippen MR) is 313 cm³/mol. The van der Waals surface area contributed by atoms with Gasteiger partial charge in [-0.15, -0.1) is 0 Å². The number of anilines is 3. The van der Waals surface area contributed by atoms with Crippen molar-refractivity contribution in [3.8, 4) is 17.8 Å². The number of halogens is 2. The van der Waals surface area contributed by atoms with Crippen molar-refractivity contribution in [3.63, 3.8) is 0 Å². The van der Waals surface area contributed by atoms with E-state index in [0.717, 1.165) is 69.6 Å². The normalized spacial score (nSPS) is 19.0. The molecule has 6 amide bonds. The molecular formula is C62H63Cl2N11O7. The number of piperidine rings is 1. The van der Waals surface area contributed by atoms with Crippen molar-refractivity contribution < 1.29 is 33.4 Å². The van der Waals surface area contributed by atoms with Crippen LogP contribution in [0.25, 0.3) is 10.8 Å². The van der Waals surface area contributed by atoms with Crippen molar-refractivity contribution in [1.29, 1.82) is 5.26 Å². The number of likely N-dealkylation sites (N-methyl/N-ethyl adjacent to an activating group) is 1. The Kier molecular flexibility index (Phi) is 16.3. The van der Waals surface area contributed by atoms with Crippen LogP contribution in [0.1, 0.15) is 76.0 Å². The lowest BCUT2D eigenvalue weighted by molar-refractivity contribution is -0.153. The summed E-state index contributed by atoms with van der Waals surface area (Å²) in [6.07, 6.45) is 3.20. The van der Waals surface area contributed by atoms with Crippen LogP contribution in [0.2, 0.25) is 10.0 Å². The van der Waals surface area contributed by atoms with E-state index >= 15 is 0 Å². The van der Waals surface area contributed by atoms with Crippen LogP contribution in [0, 0.1) is 18.3 Å². The number of aryl methyl sites for hydroxylation is 1. The summed E-state index contributed by atoms with van der Waals surface area (Å²) in [4.78, 5) is 89.1. The van der Waals surface area contributed by atoms with Crippen molar-refractivity contribution in [2.45, 2.75) is 89.8 Å². The van der Waals surface area contributed by atoms with Crippen LogP contribution >= 0.6 is 23.2 Å². The lowest BCUT2D eigenvalue weighted by atomic mass is 10.0. The van der Waals surface area contributed by atoms with Gasteiger partial charge < -0.3 is 44.6 Å². The maximum atomic E-state index is 14.2. The standard InChI is InChI=1S/C62H63Cl2N11O7/c1-38-12-16-44(30-51(38)64)67-61(80)66-31-41-15-19-48-43(29-41)33-74(59(48)78)54-20-21-55(76)75(60(54)79)32-40-13-17-47(18-14-40)81-36-39(2)58(77)73-28-27-72(34-45(73)22-24-65)57-49-23-26-71(53-11-5-8-42-7-4-10-50(63)56(42)53)35-52(49)68-62(69-57)82-37-46-9-6-25-70(46)3/h4-5,7-8,10-19,29-30,45-46,54H,2,6,9,20-23,25-28,31-37H2,1,3H3,(H2,66,67,80)/t45-,46+,54?/m0/s1. The minimum Gasteiger partial charge on any atom is -0.489 e. The Morgan fingerprint density at radius 1 is 0.841 bits per heavy atom. The fourth-order valence-electron chi connectivity index (χ4n) is 11.8. The Hall–Kier alpha value is -8.24. The molecule has 0 radical (unpaired) electrons. The van der Waals surface area contributed by atoms with Crippen LogP contribution in [0.4, 0.5) is 22.0 Å². The van der Waals surface area contributed by atoms with E-state index in [1.807, 2.05) is 37.3 Å². The summed E-state index contributed by atoms with van der Waals surface area (Å²) in [5, 5.41) is 19.0. The summed E-state index contributed by atoms with van der Waals surface area (Å²) in [7, 11) is 2.11. The van der Waals surface area contributed by atoms with Crippen LogP contribution in [0.3, 0.4) is 0 Å². The van der Waals surface area contributed by atoms with Crippen LogP contribution in [-0.2, 0) is 47.0 Å². The topological polar surface area (TPSA) is 197 Å². The number of fused-ring (bicyclic) bond motifs is 3. The van der Waals surface area contributed by atoms with Gasteiger partial charge in [0.2, 0.25) is 5.91 Å². The lowest BCUT2D eigenvalue weighted by Gasteiger charge is -2.42. The first-order chi connectivity index (χ1) is 39.7. The number of carbonyl (C=O) groups is 5. The van der Waals surface area contributed by atoms with Gasteiger partial charge in [0, 0.05) is 90.2 Å². The number of aromatic nitrogens is 2. The van der Waals surface area contributed by atoms with Gasteiger partial charge in [-0.2, -0.15) is 15.2 Å². The summed E-state index contributed by atoms with van der Waals surface area (Å²) in [5.74, 6) is -0.178. The monoisotopic (exact) mass is 1140 g/mol. The Labute approximate surface area is 486 Å². The third-order valence-corrected chi connectivity index (χ3v) is 17.1. The first-order valence-corrected chi connectivity index (χ1v) is 28.5. The van der Waals surface area contributed by atoms with Gasteiger partial charge >= 0.3 is 12.0 Å². The second-order valence-corrected chi connectivity index (χ2v) is 22.5. The molecule has 2 N–H and O–H groups in total. The van der Waals surface area contributed by atoms with Gasteiger partial charge in [-0.1, -0.05) is 84.4 Å². The zero-order valence-electron chi connectivity index (χ0n) is 45.8. The molecule has 82 heavy (non-hydrogen) atoms. The number of urea groups is 1. The number of imide groups is 1. The zero-order chi connectivity index (χ0) is 57.2. The van der Waals surface area contributed by atoms with E-state index in [9.17, 15) is 29.2 Å². The van der Waals surface area contributed by atoms with Crippen molar-refractivity contribution in [2.75, 3.05) is 68.1 Å². The smallest absolute Gasteiger partial charge is 0.319 e. The molecule has 0 bridgehead atoms. The number of nitrogens with one attached hydrogen (secondary N) is 2. The molecular weight excluding hydrogens is 1080 g/mol. The van der Waals surface area contributed by atoms with Crippen LogP contribution in [-0.4, -0.2) is 130 Å². The highest BCUT2D eigenvalue weighted by molar-refractivity contribution is 6.36. The molecule has 5 aliphatic heterocycles. The Balaban J connectivity index is 0.697. The summed E-state index contributed by atoms with van der Waals surface area (Å²) >= 11 is 13.0. The van der Waals surface area contributed by atoms with Gasteiger partial charge in [0.1, 0.15) is 30.8 Å². The van der Waals surface area contributed by atoms with Crippen molar-refractivity contribution in [1.82, 2.24) is 34.9 Å². The largest absolute Gasteiger partial charge is 0.489 e. The molecule has 1 aromatic heterocycles. The number of benzene rings is 5. The summed E-state index contributed by atoms with van der Waals surface area (Å²) in [6.45, 7) is 10.1. The molecule has 18 nitrogen and oxygen atoms in total. The average molecular weight is 1150 g/mol. The number of nitriles is 1. The number of hydrogen-bond acceptors (Lipinski definition) is 13. The maximum Gasteiger partial charge on any atom is 0.319 e. The fourth-order valence-corrected chi connectivity index (χ4v) is 12.2. The molecule has 0 aliphatic carbocycles. The molecule has 20 heteroatoms. The quantitative estimate of drug-likeness (QED) is 0.0690. The Morgan fingerprint density at radius 2 is 1.65 bits per heavy atom. The fraction of sp³-hybridized carbons (Fsp3) is 0.355.